The summed E-state index contributed by atoms with van der Waals surface area (Å²) in [5, 5.41) is 12.5. The minimum Gasteiger partial charge on any atom is -0.465 e. The second kappa shape index (κ2) is 6.41. The van der Waals surface area contributed by atoms with E-state index in [0.29, 0.717) is 21.7 Å². The summed E-state index contributed by atoms with van der Waals surface area (Å²) in [7, 11) is 1.30. The molecular weight excluding hydrogens is 300 g/mol. The predicted octanol–water partition coefficient (Wildman–Crippen LogP) is 3.28. The molecule has 1 heterocycles. The van der Waals surface area contributed by atoms with E-state index in [9.17, 15) is 14.9 Å². The first-order valence-corrected chi connectivity index (χ1v) is 7.29. The number of rotatable bonds is 3. The lowest BCUT2D eigenvalue weighted by atomic mass is 10.1. The molecule has 0 atom stereocenters. The van der Waals surface area contributed by atoms with E-state index in [-0.39, 0.29) is 5.91 Å². The SMILES string of the molecule is COC(=O)c1ccc(C(=O)Nc2sc(C)c(C)c2C#N)cc1. The van der Waals surface area contributed by atoms with Crippen molar-refractivity contribution in [2.45, 2.75) is 13.8 Å². The van der Waals surface area contributed by atoms with Crippen LogP contribution in [0.3, 0.4) is 0 Å². The molecule has 0 saturated carbocycles. The maximum atomic E-state index is 12.2. The molecule has 0 aliphatic heterocycles. The Morgan fingerprint density at radius 1 is 1.18 bits per heavy atom. The average molecular weight is 314 g/mol. The van der Waals surface area contributed by atoms with Gasteiger partial charge in [-0.1, -0.05) is 0 Å². The summed E-state index contributed by atoms with van der Waals surface area (Å²) in [6.45, 7) is 3.76. The van der Waals surface area contributed by atoms with Gasteiger partial charge in [-0.3, -0.25) is 4.79 Å². The third-order valence-corrected chi connectivity index (χ3v) is 4.42. The van der Waals surface area contributed by atoms with E-state index in [1.165, 1.54) is 30.6 Å². The molecule has 1 amide bonds. The van der Waals surface area contributed by atoms with Gasteiger partial charge in [-0.25, -0.2) is 4.79 Å². The fraction of sp³-hybridized carbons (Fsp3) is 0.188. The number of esters is 1. The number of amides is 1. The average Bonchev–Trinajstić information content (AvgIpc) is 2.80. The molecule has 2 aromatic rings. The minimum atomic E-state index is -0.455. The van der Waals surface area contributed by atoms with Crippen molar-refractivity contribution in [2.75, 3.05) is 12.4 Å². The number of nitrogens with zero attached hydrogens (tertiary/aromatic N) is 1. The lowest BCUT2D eigenvalue weighted by Gasteiger charge is -2.04. The van der Waals surface area contributed by atoms with Gasteiger partial charge in [0.1, 0.15) is 11.1 Å². The van der Waals surface area contributed by atoms with Crippen LogP contribution >= 0.6 is 11.3 Å². The van der Waals surface area contributed by atoms with Gasteiger partial charge in [-0.05, 0) is 43.7 Å². The van der Waals surface area contributed by atoms with Crippen molar-refractivity contribution < 1.29 is 14.3 Å². The maximum absolute atomic E-state index is 12.2. The Labute approximate surface area is 132 Å². The van der Waals surface area contributed by atoms with E-state index in [1.807, 2.05) is 13.8 Å². The smallest absolute Gasteiger partial charge is 0.337 e. The predicted molar refractivity (Wildman–Crippen MR) is 84.2 cm³/mol. The molecule has 1 aromatic carbocycles. The number of benzene rings is 1. The van der Waals surface area contributed by atoms with Crippen LogP contribution in [0.2, 0.25) is 0 Å². The van der Waals surface area contributed by atoms with Crippen LogP contribution in [0.4, 0.5) is 5.00 Å². The first kappa shape index (κ1) is 15.7. The van der Waals surface area contributed by atoms with E-state index in [4.69, 9.17) is 0 Å². The topological polar surface area (TPSA) is 79.2 Å². The second-order valence-corrected chi connectivity index (χ2v) is 5.85. The Hall–Kier alpha value is -2.65. The Morgan fingerprint density at radius 2 is 1.77 bits per heavy atom. The van der Waals surface area contributed by atoms with Gasteiger partial charge in [0.15, 0.2) is 0 Å². The number of methoxy groups -OCH3 is 1. The number of nitrogens with one attached hydrogen (secondary N) is 1. The molecule has 0 fully saturated rings. The van der Waals surface area contributed by atoms with Crippen molar-refractivity contribution >= 4 is 28.2 Å². The minimum absolute atomic E-state index is 0.325. The van der Waals surface area contributed by atoms with Gasteiger partial charge in [0.25, 0.3) is 5.91 Å². The third-order valence-electron chi connectivity index (χ3n) is 3.29. The second-order valence-electron chi connectivity index (χ2n) is 4.62. The molecule has 0 radical (unpaired) electrons. The number of anilines is 1. The molecule has 112 valence electrons. The van der Waals surface area contributed by atoms with Crippen LogP contribution in [-0.4, -0.2) is 19.0 Å². The highest BCUT2D eigenvalue weighted by Gasteiger charge is 2.16. The largest absolute Gasteiger partial charge is 0.465 e. The van der Waals surface area contributed by atoms with Crippen LogP contribution in [0.15, 0.2) is 24.3 Å². The zero-order valence-electron chi connectivity index (χ0n) is 12.4. The number of carbonyl (C=O) groups excluding carboxylic acids is 2. The van der Waals surface area contributed by atoms with Gasteiger partial charge in [0, 0.05) is 10.4 Å². The zero-order valence-corrected chi connectivity index (χ0v) is 13.2. The quantitative estimate of drug-likeness (QED) is 0.882. The van der Waals surface area contributed by atoms with Gasteiger partial charge in [0.2, 0.25) is 0 Å². The van der Waals surface area contributed by atoms with Gasteiger partial charge in [0.05, 0.1) is 18.2 Å². The third kappa shape index (κ3) is 3.00. The van der Waals surface area contributed by atoms with Crippen molar-refractivity contribution in [2.24, 2.45) is 0 Å². The van der Waals surface area contributed by atoms with E-state index >= 15 is 0 Å². The number of hydrogen-bond donors (Lipinski definition) is 1. The summed E-state index contributed by atoms with van der Waals surface area (Å²) in [6, 6.07) is 8.24. The number of ether oxygens (including phenoxy) is 1. The molecule has 0 aliphatic carbocycles. The molecule has 5 nitrogen and oxygen atoms in total. The van der Waals surface area contributed by atoms with E-state index in [0.717, 1.165) is 10.4 Å². The molecule has 22 heavy (non-hydrogen) atoms. The Bertz CT molecular complexity index is 770. The van der Waals surface area contributed by atoms with Crippen molar-refractivity contribution in [1.82, 2.24) is 0 Å². The lowest BCUT2D eigenvalue weighted by molar-refractivity contribution is 0.0600. The normalized spacial score (nSPS) is 9.91. The zero-order chi connectivity index (χ0) is 16.3. The molecule has 0 aliphatic rings. The molecular formula is C16H14N2O3S. The van der Waals surface area contributed by atoms with Crippen LogP contribution in [-0.2, 0) is 4.74 Å². The summed E-state index contributed by atoms with van der Waals surface area (Å²) in [5.41, 5.74) is 2.14. The van der Waals surface area contributed by atoms with E-state index in [1.54, 1.807) is 12.1 Å². The van der Waals surface area contributed by atoms with Crippen molar-refractivity contribution in [3.63, 3.8) is 0 Å². The Kier molecular flexibility index (Phi) is 4.59. The van der Waals surface area contributed by atoms with Crippen LogP contribution in [0.1, 0.15) is 36.7 Å². The van der Waals surface area contributed by atoms with Gasteiger partial charge in [-0.15, -0.1) is 11.3 Å². The highest BCUT2D eigenvalue weighted by Crippen LogP contribution is 2.31. The summed E-state index contributed by atoms with van der Waals surface area (Å²) in [5.74, 6) is -0.780. The molecule has 1 N–H and O–H groups in total. The van der Waals surface area contributed by atoms with Crippen molar-refractivity contribution in [3.8, 4) is 6.07 Å². The van der Waals surface area contributed by atoms with Gasteiger partial charge >= 0.3 is 5.97 Å². The maximum Gasteiger partial charge on any atom is 0.337 e. The molecule has 0 spiro atoms. The summed E-state index contributed by atoms with van der Waals surface area (Å²) >= 11 is 1.37. The summed E-state index contributed by atoms with van der Waals surface area (Å²) in [4.78, 5) is 24.6. The monoisotopic (exact) mass is 314 g/mol. The molecule has 0 saturated heterocycles. The molecule has 0 bridgehead atoms. The van der Waals surface area contributed by atoms with Gasteiger partial charge < -0.3 is 10.1 Å². The summed E-state index contributed by atoms with van der Waals surface area (Å²) < 4.78 is 4.60. The van der Waals surface area contributed by atoms with Crippen molar-refractivity contribution in [3.05, 3.63) is 51.4 Å². The lowest BCUT2D eigenvalue weighted by Crippen LogP contribution is -2.12. The number of hydrogen-bond acceptors (Lipinski definition) is 5. The first-order valence-electron chi connectivity index (χ1n) is 6.47. The fourth-order valence-corrected chi connectivity index (χ4v) is 2.91. The molecule has 6 heteroatoms. The van der Waals surface area contributed by atoms with Crippen LogP contribution in [0.25, 0.3) is 0 Å². The number of carbonyl (C=O) groups is 2. The highest BCUT2D eigenvalue weighted by atomic mass is 32.1. The van der Waals surface area contributed by atoms with Crippen molar-refractivity contribution in [1.29, 1.82) is 5.26 Å². The van der Waals surface area contributed by atoms with Crippen LogP contribution < -0.4 is 5.32 Å². The van der Waals surface area contributed by atoms with Crippen LogP contribution in [0.5, 0.6) is 0 Å². The Balaban J connectivity index is 2.21. The fourth-order valence-electron chi connectivity index (χ4n) is 1.90. The molecule has 1 aromatic heterocycles. The summed E-state index contributed by atoms with van der Waals surface area (Å²) in [6.07, 6.45) is 0. The van der Waals surface area contributed by atoms with E-state index in [2.05, 4.69) is 16.1 Å². The molecule has 0 unspecified atom stereocenters. The Morgan fingerprint density at radius 3 is 2.32 bits per heavy atom. The number of aryl methyl sites for hydroxylation is 1. The van der Waals surface area contributed by atoms with E-state index < -0.39 is 5.97 Å². The molecule has 2 rings (SSSR count). The first-order chi connectivity index (χ1) is 10.5. The van der Waals surface area contributed by atoms with Crippen LogP contribution in [0, 0.1) is 25.2 Å². The number of thiophene rings is 1. The number of nitriles is 1. The van der Waals surface area contributed by atoms with Gasteiger partial charge in [-0.2, -0.15) is 5.26 Å². The highest BCUT2D eigenvalue weighted by molar-refractivity contribution is 7.16. The standard InChI is InChI=1S/C16H14N2O3S/c1-9-10(2)22-15(13(9)8-17)18-14(19)11-4-6-12(7-5-11)16(20)21-3/h4-7H,1-3H3,(H,18,19).